The molecule has 40 heavy (non-hydrogen) atoms. The molecule has 4 aromatic rings. The Hall–Kier alpha value is -4.14. The molecule has 4 aromatic carbocycles. The van der Waals surface area contributed by atoms with E-state index in [-0.39, 0.29) is 22.8 Å². The van der Waals surface area contributed by atoms with Crippen molar-refractivity contribution in [2.75, 3.05) is 10.6 Å². The minimum atomic E-state index is -0.460. The molecule has 0 aromatic heterocycles. The molecule has 0 aliphatic carbocycles. The minimum Gasteiger partial charge on any atom is -0.325 e. The summed E-state index contributed by atoms with van der Waals surface area (Å²) in [6.07, 6.45) is 1.63. The van der Waals surface area contributed by atoms with E-state index in [0.29, 0.717) is 11.3 Å². The maximum Gasteiger partial charge on any atom is 0.272 e. The molecule has 0 heterocycles. The number of benzene rings is 4. The van der Waals surface area contributed by atoms with Gasteiger partial charge in [0.25, 0.3) is 11.8 Å². The molecule has 8 heteroatoms. The second kappa shape index (κ2) is 13.8. The zero-order chi connectivity index (χ0) is 28.5. The van der Waals surface area contributed by atoms with Crippen LogP contribution in [0.5, 0.6) is 0 Å². The summed E-state index contributed by atoms with van der Waals surface area (Å²) in [5, 5.41) is 8.21. The van der Waals surface area contributed by atoms with Gasteiger partial charge in [-0.15, -0.1) is 11.8 Å². The highest BCUT2D eigenvalue weighted by molar-refractivity contribution is 9.10. The van der Waals surface area contributed by atoms with E-state index >= 15 is 0 Å². The number of rotatable bonds is 9. The van der Waals surface area contributed by atoms with Crippen molar-refractivity contribution < 1.29 is 14.4 Å². The first kappa shape index (κ1) is 28.9. The largest absolute Gasteiger partial charge is 0.325 e. The van der Waals surface area contributed by atoms with E-state index in [0.717, 1.165) is 26.2 Å². The molecule has 0 aliphatic rings. The van der Waals surface area contributed by atoms with Crippen LogP contribution in [0, 0.1) is 6.92 Å². The van der Waals surface area contributed by atoms with Crippen molar-refractivity contribution in [2.24, 2.45) is 0 Å². The molecule has 0 radical (unpaired) electrons. The molecular weight excluding hydrogens is 586 g/mol. The van der Waals surface area contributed by atoms with E-state index < -0.39 is 5.91 Å². The van der Waals surface area contributed by atoms with Crippen LogP contribution in [-0.4, -0.2) is 23.0 Å². The molecule has 0 saturated carbocycles. The Morgan fingerprint density at radius 1 is 0.800 bits per heavy atom. The fourth-order valence-corrected chi connectivity index (χ4v) is 4.84. The quantitative estimate of drug-likeness (QED) is 0.137. The highest BCUT2D eigenvalue weighted by Crippen LogP contribution is 2.26. The van der Waals surface area contributed by atoms with E-state index in [9.17, 15) is 14.4 Å². The first-order chi connectivity index (χ1) is 19.3. The van der Waals surface area contributed by atoms with Crippen LogP contribution < -0.4 is 16.0 Å². The van der Waals surface area contributed by atoms with E-state index in [2.05, 4.69) is 31.9 Å². The van der Waals surface area contributed by atoms with E-state index in [1.165, 1.54) is 11.8 Å². The van der Waals surface area contributed by atoms with E-state index in [1.54, 1.807) is 42.5 Å². The number of anilines is 2. The Morgan fingerprint density at radius 3 is 2.17 bits per heavy atom. The topological polar surface area (TPSA) is 87.3 Å². The van der Waals surface area contributed by atoms with Crippen LogP contribution in [0.15, 0.2) is 118 Å². The number of carbonyl (C=O) groups excluding carboxylic acids is 3. The molecule has 0 bridgehead atoms. The zero-order valence-electron chi connectivity index (χ0n) is 22.0. The molecular formula is C32H28BrN3O3S. The van der Waals surface area contributed by atoms with Crippen molar-refractivity contribution in [1.29, 1.82) is 0 Å². The summed E-state index contributed by atoms with van der Waals surface area (Å²) in [5.41, 5.74) is 3.70. The maximum absolute atomic E-state index is 13.2. The van der Waals surface area contributed by atoms with Crippen LogP contribution in [0.25, 0.3) is 6.08 Å². The molecule has 4 rings (SSSR count). The molecule has 6 nitrogen and oxygen atoms in total. The Labute approximate surface area is 246 Å². The van der Waals surface area contributed by atoms with Gasteiger partial charge in [-0.05, 0) is 91.7 Å². The number of nitrogens with one attached hydrogen (secondary N) is 3. The maximum atomic E-state index is 13.2. The van der Waals surface area contributed by atoms with Gasteiger partial charge in [0.2, 0.25) is 5.91 Å². The summed E-state index contributed by atoms with van der Waals surface area (Å²) in [6.45, 7) is 3.82. The molecule has 0 fully saturated rings. The fourth-order valence-electron chi connectivity index (χ4n) is 3.71. The molecule has 0 spiro atoms. The van der Waals surface area contributed by atoms with Crippen LogP contribution in [-0.2, 0) is 9.59 Å². The SMILES string of the molecule is Cc1cccc(NC(=O)C(C)Sc2ccc(NC(=O)/C(=C/c3ccc(Br)cc3)NC(=O)c3ccccc3)cc2)c1. The second-order valence-corrected chi connectivity index (χ2v) is 11.4. The van der Waals surface area contributed by atoms with E-state index in [4.69, 9.17) is 0 Å². The Morgan fingerprint density at radius 2 is 1.50 bits per heavy atom. The third-order valence-corrected chi connectivity index (χ3v) is 7.43. The number of amides is 3. The normalized spacial score (nSPS) is 11.8. The van der Waals surface area contributed by atoms with Gasteiger partial charge in [-0.2, -0.15) is 0 Å². The van der Waals surface area contributed by atoms with Gasteiger partial charge in [-0.25, -0.2) is 0 Å². The average molecular weight is 615 g/mol. The standard InChI is InChI=1S/C32H28BrN3O3S/c1-21-7-6-10-27(19-21)35-30(37)22(2)40-28-17-15-26(16-18-28)34-32(39)29(20-23-11-13-25(33)14-12-23)36-31(38)24-8-4-3-5-9-24/h3-20,22H,1-2H3,(H,34,39)(H,35,37)(H,36,38)/b29-20-. The van der Waals surface area contributed by atoms with Crippen LogP contribution in [0.2, 0.25) is 0 Å². The van der Waals surface area contributed by atoms with Gasteiger partial charge in [0.05, 0.1) is 5.25 Å². The van der Waals surface area contributed by atoms with Gasteiger partial charge in [0.1, 0.15) is 5.70 Å². The van der Waals surface area contributed by atoms with Crippen molar-refractivity contribution in [1.82, 2.24) is 5.32 Å². The predicted octanol–water partition coefficient (Wildman–Crippen LogP) is 7.29. The lowest BCUT2D eigenvalue weighted by Crippen LogP contribution is -2.30. The van der Waals surface area contributed by atoms with Gasteiger partial charge in [-0.1, -0.05) is 58.4 Å². The third kappa shape index (κ3) is 8.43. The predicted molar refractivity (Wildman–Crippen MR) is 166 cm³/mol. The second-order valence-electron chi connectivity index (χ2n) is 9.03. The monoisotopic (exact) mass is 613 g/mol. The Balaban J connectivity index is 1.42. The molecule has 1 atom stereocenters. The lowest BCUT2D eigenvalue weighted by atomic mass is 10.1. The summed E-state index contributed by atoms with van der Waals surface area (Å²) in [7, 11) is 0. The number of hydrogen-bond donors (Lipinski definition) is 3. The summed E-state index contributed by atoms with van der Waals surface area (Å²) in [6, 6.07) is 31.0. The van der Waals surface area contributed by atoms with Crippen LogP contribution in [0.4, 0.5) is 11.4 Å². The molecule has 0 aliphatic heterocycles. The number of carbonyl (C=O) groups is 3. The molecule has 3 amide bonds. The van der Waals surface area contributed by atoms with Gasteiger partial charge in [0.15, 0.2) is 0 Å². The lowest BCUT2D eigenvalue weighted by molar-refractivity contribution is -0.115. The number of hydrogen-bond acceptors (Lipinski definition) is 4. The lowest BCUT2D eigenvalue weighted by Gasteiger charge is -2.14. The number of halogens is 1. The molecule has 0 saturated heterocycles. The smallest absolute Gasteiger partial charge is 0.272 e. The summed E-state index contributed by atoms with van der Waals surface area (Å²) in [5.74, 6) is -0.938. The van der Waals surface area contributed by atoms with Crippen LogP contribution >= 0.6 is 27.7 Å². The zero-order valence-corrected chi connectivity index (χ0v) is 24.4. The first-order valence-electron chi connectivity index (χ1n) is 12.6. The van der Waals surface area contributed by atoms with Crippen molar-refractivity contribution in [3.63, 3.8) is 0 Å². The number of thioether (sulfide) groups is 1. The number of aryl methyl sites for hydroxylation is 1. The summed E-state index contributed by atoms with van der Waals surface area (Å²) < 4.78 is 0.906. The van der Waals surface area contributed by atoms with Gasteiger partial charge < -0.3 is 16.0 Å². The summed E-state index contributed by atoms with van der Waals surface area (Å²) >= 11 is 4.83. The highest BCUT2D eigenvalue weighted by Gasteiger charge is 2.17. The van der Waals surface area contributed by atoms with Crippen LogP contribution in [0.1, 0.15) is 28.4 Å². The Kier molecular flexibility index (Phi) is 9.94. The van der Waals surface area contributed by atoms with Gasteiger partial charge in [-0.3, -0.25) is 14.4 Å². The molecule has 1 unspecified atom stereocenters. The minimum absolute atomic E-state index is 0.0927. The Bertz CT molecular complexity index is 1520. The highest BCUT2D eigenvalue weighted by atomic mass is 79.9. The van der Waals surface area contributed by atoms with Crippen molar-refractivity contribution in [3.8, 4) is 0 Å². The van der Waals surface area contributed by atoms with Crippen molar-refractivity contribution in [2.45, 2.75) is 24.0 Å². The molecule has 3 N–H and O–H groups in total. The van der Waals surface area contributed by atoms with Gasteiger partial charge >= 0.3 is 0 Å². The molecule has 202 valence electrons. The van der Waals surface area contributed by atoms with Gasteiger partial charge in [0, 0.05) is 26.3 Å². The van der Waals surface area contributed by atoms with Crippen LogP contribution in [0.3, 0.4) is 0 Å². The third-order valence-electron chi connectivity index (χ3n) is 5.79. The van der Waals surface area contributed by atoms with Crippen molar-refractivity contribution >= 4 is 62.9 Å². The average Bonchev–Trinajstić information content (AvgIpc) is 2.95. The summed E-state index contributed by atoms with van der Waals surface area (Å²) in [4.78, 5) is 39.6. The van der Waals surface area contributed by atoms with Crippen molar-refractivity contribution in [3.05, 3.63) is 130 Å². The van der Waals surface area contributed by atoms with E-state index in [1.807, 2.05) is 80.6 Å². The fraction of sp³-hybridized carbons (Fsp3) is 0.0938. The first-order valence-corrected chi connectivity index (χ1v) is 14.2.